The van der Waals surface area contributed by atoms with Crippen molar-refractivity contribution in [2.24, 2.45) is 0 Å². The van der Waals surface area contributed by atoms with Gasteiger partial charge in [-0.05, 0) is 30.0 Å². The molecule has 0 saturated carbocycles. The van der Waals surface area contributed by atoms with Gasteiger partial charge in [0, 0.05) is 6.08 Å². The maximum atomic E-state index is 12.0. The summed E-state index contributed by atoms with van der Waals surface area (Å²) in [4.78, 5) is 16.5. The Bertz CT molecular complexity index is 871. The molecule has 0 spiro atoms. The fourth-order valence-electron chi connectivity index (χ4n) is 1.96. The Kier molecular flexibility index (Phi) is 4.66. The maximum Gasteiger partial charge on any atom is 0.226 e. The van der Waals surface area contributed by atoms with Crippen molar-refractivity contribution in [2.75, 3.05) is 7.11 Å². The van der Waals surface area contributed by atoms with Crippen LogP contribution in [0, 0.1) is 0 Å². The van der Waals surface area contributed by atoms with E-state index in [9.17, 15) is 9.90 Å². The predicted octanol–water partition coefficient (Wildman–Crippen LogP) is 3.34. The molecule has 2 N–H and O–H groups in total. The molecule has 3 aromatic rings. The zero-order chi connectivity index (χ0) is 16.9. The van der Waals surface area contributed by atoms with E-state index in [0.717, 1.165) is 11.0 Å². The summed E-state index contributed by atoms with van der Waals surface area (Å²) in [6, 6.07) is 9.01. The fraction of sp³-hybridized carbons (Fsp3) is 0.0625. The van der Waals surface area contributed by atoms with E-state index < -0.39 is 5.78 Å². The molecular weight excluding hydrogens is 330 g/mol. The number of para-hydroxylation sites is 1. The SMILES string of the molecule is COc1ccccc1Sc1occc1C(O)=CC(=O)c1ncn[nH]1. The summed E-state index contributed by atoms with van der Waals surface area (Å²) in [5.41, 5.74) is 0.402. The van der Waals surface area contributed by atoms with Crippen LogP contribution >= 0.6 is 11.8 Å². The molecule has 7 nitrogen and oxygen atoms in total. The smallest absolute Gasteiger partial charge is 0.226 e. The molecule has 2 aromatic heterocycles. The fourth-order valence-corrected chi connectivity index (χ4v) is 2.95. The third-order valence-electron chi connectivity index (χ3n) is 3.09. The van der Waals surface area contributed by atoms with E-state index in [2.05, 4.69) is 15.2 Å². The van der Waals surface area contributed by atoms with Crippen LogP contribution in [0.15, 0.2) is 63.4 Å². The number of carbonyl (C=O) groups is 1. The third kappa shape index (κ3) is 3.33. The summed E-state index contributed by atoms with van der Waals surface area (Å²) in [7, 11) is 1.58. The summed E-state index contributed by atoms with van der Waals surface area (Å²) >= 11 is 1.29. The largest absolute Gasteiger partial charge is 0.507 e. The highest BCUT2D eigenvalue weighted by Gasteiger charge is 2.16. The first-order chi connectivity index (χ1) is 11.7. The van der Waals surface area contributed by atoms with Crippen LogP contribution in [0.4, 0.5) is 0 Å². The number of ether oxygens (including phenoxy) is 1. The number of hydrogen-bond donors (Lipinski definition) is 2. The first kappa shape index (κ1) is 15.9. The van der Waals surface area contributed by atoms with E-state index in [0.29, 0.717) is 16.4 Å². The Morgan fingerprint density at radius 3 is 2.96 bits per heavy atom. The summed E-state index contributed by atoms with van der Waals surface area (Å²) < 4.78 is 10.7. The quantitative estimate of drug-likeness (QED) is 0.402. The highest BCUT2D eigenvalue weighted by Crippen LogP contribution is 2.38. The van der Waals surface area contributed by atoms with Crippen molar-refractivity contribution >= 4 is 23.3 Å². The van der Waals surface area contributed by atoms with E-state index in [1.165, 1.54) is 24.4 Å². The van der Waals surface area contributed by atoms with Crippen molar-refractivity contribution in [3.63, 3.8) is 0 Å². The van der Waals surface area contributed by atoms with Gasteiger partial charge in [-0.25, -0.2) is 4.98 Å². The molecule has 1 aromatic carbocycles. The zero-order valence-electron chi connectivity index (χ0n) is 12.6. The first-order valence-electron chi connectivity index (χ1n) is 6.88. The number of ketones is 1. The molecule has 2 heterocycles. The van der Waals surface area contributed by atoms with Crippen molar-refractivity contribution < 1.29 is 19.1 Å². The summed E-state index contributed by atoms with van der Waals surface area (Å²) in [6.07, 6.45) is 3.73. The second-order valence-corrected chi connectivity index (χ2v) is 5.62. The van der Waals surface area contributed by atoms with Gasteiger partial charge in [-0.1, -0.05) is 12.1 Å². The number of H-pyrrole nitrogens is 1. The van der Waals surface area contributed by atoms with Gasteiger partial charge in [0.2, 0.25) is 5.78 Å². The van der Waals surface area contributed by atoms with E-state index in [1.54, 1.807) is 13.2 Å². The van der Waals surface area contributed by atoms with Crippen molar-refractivity contribution in [3.8, 4) is 5.75 Å². The normalized spacial score (nSPS) is 11.5. The van der Waals surface area contributed by atoms with Gasteiger partial charge in [-0.2, -0.15) is 5.10 Å². The minimum Gasteiger partial charge on any atom is -0.507 e. The topological polar surface area (TPSA) is 101 Å². The second-order valence-electron chi connectivity index (χ2n) is 4.60. The van der Waals surface area contributed by atoms with Crippen molar-refractivity contribution in [1.29, 1.82) is 0 Å². The number of methoxy groups -OCH3 is 1. The van der Waals surface area contributed by atoms with Crippen LogP contribution in [0.3, 0.4) is 0 Å². The molecule has 0 fully saturated rings. The van der Waals surface area contributed by atoms with Crippen molar-refractivity contribution in [2.45, 2.75) is 9.99 Å². The number of furan rings is 1. The Balaban J connectivity index is 1.86. The Labute approximate surface area is 141 Å². The minimum atomic E-state index is -0.487. The van der Waals surface area contributed by atoms with Crippen LogP contribution in [-0.4, -0.2) is 33.2 Å². The molecule has 122 valence electrons. The predicted molar refractivity (Wildman–Crippen MR) is 87.1 cm³/mol. The van der Waals surface area contributed by atoms with Gasteiger partial charge in [-0.15, -0.1) is 0 Å². The molecule has 0 amide bonds. The number of rotatable bonds is 6. The van der Waals surface area contributed by atoms with Crippen LogP contribution in [-0.2, 0) is 0 Å². The number of carbonyl (C=O) groups excluding carboxylic acids is 1. The third-order valence-corrected chi connectivity index (χ3v) is 4.15. The number of aliphatic hydroxyl groups is 1. The van der Waals surface area contributed by atoms with Crippen LogP contribution in [0.1, 0.15) is 16.2 Å². The van der Waals surface area contributed by atoms with E-state index >= 15 is 0 Å². The van der Waals surface area contributed by atoms with Crippen LogP contribution in [0.25, 0.3) is 5.76 Å². The molecule has 0 saturated heterocycles. The number of hydrogen-bond acceptors (Lipinski definition) is 7. The molecule has 0 unspecified atom stereocenters. The molecule has 8 heteroatoms. The van der Waals surface area contributed by atoms with Crippen molar-refractivity contribution in [3.05, 3.63) is 60.4 Å². The molecule has 0 radical (unpaired) electrons. The number of nitrogens with one attached hydrogen (secondary N) is 1. The molecule has 0 bridgehead atoms. The monoisotopic (exact) mass is 343 g/mol. The highest BCUT2D eigenvalue weighted by atomic mass is 32.2. The molecule has 0 aliphatic carbocycles. The lowest BCUT2D eigenvalue weighted by molar-refractivity contribution is 0.103. The van der Waals surface area contributed by atoms with Gasteiger partial charge >= 0.3 is 0 Å². The second kappa shape index (κ2) is 7.05. The number of aromatic nitrogens is 3. The number of nitrogens with zero attached hydrogens (tertiary/aromatic N) is 2. The lowest BCUT2D eigenvalue weighted by Gasteiger charge is -2.07. The van der Waals surface area contributed by atoms with Gasteiger partial charge in [0.25, 0.3) is 0 Å². The summed E-state index contributed by atoms with van der Waals surface area (Å²) in [5, 5.41) is 16.7. The molecule has 24 heavy (non-hydrogen) atoms. The maximum absolute atomic E-state index is 12.0. The van der Waals surface area contributed by atoms with Gasteiger partial charge in [0.1, 0.15) is 17.8 Å². The number of aliphatic hydroxyl groups excluding tert-OH is 1. The molecule has 3 rings (SSSR count). The number of allylic oxidation sites excluding steroid dienone is 1. The molecule has 0 aliphatic rings. The zero-order valence-corrected chi connectivity index (χ0v) is 13.4. The van der Waals surface area contributed by atoms with Gasteiger partial charge in [0.05, 0.1) is 23.8 Å². The summed E-state index contributed by atoms with van der Waals surface area (Å²) in [6.45, 7) is 0. The molecule has 0 aliphatic heterocycles. The lowest BCUT2D eigenvalue weighted by atomic mass is 10.2. The van der Waals surface area contributed by atoms with Gasteiger partial charge in [-0.3, -0.25) is 9.89 Å². The standard InChI is InChI=1S/C16H13N3O4S/c1-22-13-4-2-3-5-14(13)24-16-10(6-7-23-16)11(20)8-12(21)15-17-9-18-19-15/h2-9,20H,1H3,(H,17,18,19). The molecule has 0 atom stereocenters. The lowest BCUT2D eigenvalue weighted by Crippen LogP contribution is -1.99. The minimum absolute atomic E-state index is 0.0453. The van der Waals surface area contributed by atoms with Gasteiger partial charge < -0.3 is 14.3 Å². The number of aromatic amines is 1. The van der Waals surface area contributed by atoms with E-state index in [4.69, 9.17) is 9.15 Å². The van der Waals surface area contributed by atoms with E-state index in [1.807, 2.05) is 24.3 Å². The number of benzene rings is 1. The summed E-state index contributed by atoms with van der Waals surface area (Å²) in [5.74, 6) is 0.0250. The van der Waals surface area contributed by atoms with Gasteiger partial charge in [0.15, 0.2) is 10.9 Å². The van der Waals surface area contributed by atoms with E-state index in [-0.39, 0.29) is 11.6 Å². The average molecular weight is 343 g/mol. The van der Waals surface area contributed by atoms with Crippen LogP contribution in [0.5, 0.6) is 5.75 Å². The van der Waals surface area contributed by atoms with Crippen LogP contribution < -0.4 is 4.74 Å². The van der Waals surface area contributed by atoms with Crippen LogP contribution in [0.2, 0.25) is 0 Å². The molecular formula is C16H13N3O4S. The average Bonchev–Trinajstić information content (AvgIpc) is 3.27. The highest BCUT2D eigenvalue weighted by molar-refractivity contribution is 7.99. The Morgan fingerprint density at radius 1 is 1.38 bits per heavy atom. The Hall–Kier alpha value is -3.00. The van der Waals surface area contributed by atoms with Crippen molar-refractivity contribution in [1.82, 2.24) is 15.2 Å². The Morgan fingerprint density at radius 2 is 2.21 bits per heavy atom. The first-order valence-corrected chi connectivity index (χ1v) is 7.69.